The Morgan fingerprint density at radius 3 is 3.06 bits per heavy atom. The number of hydrogen-bond donors (Lipinski definition) is 1. The molecule has 1 unspecified atom stereocenters. The van der Waals surface area contributed by atoms with Gasteiger partial charge in [0, 0.05) is 30.9 Å². The van der Waals surface area contributed by atoms with Gasteiger partial charge in [0.15, 0.2) is 0 Å². The lowest BCUT2D eigenvalue weighted by Crippen LogP contribution is -2.30. The number of carbonyl (C=O) groups is 1. The van der Waals surface area contributed by atoms with Crippen LogP contribution in [0, 0.1) is 0 Å². The Morgan fingerprint density at radius 2 is 2.28 bits per heavy atom. The number of rotatable bonds is 3. The summed E-state index contributed by atoms with van der Waals surface area (Å²) in [6, 6.07) is 8.10. The highest BCUT2D eigenvalue weighted by Gasteiger charge is 2.26. The van der Waals surface area contributed by atoms with Crippen LogP contribution in [0.2, 0.25) is 0 Å². The van der Waals surface area contributed by atoms with E-state index < -0.39 is 0 Å². The molecule has 1 atom stereocenters. The van der Waals surface area contributed by atoms with E-state index in [1.54, 1.807) is 6.26 Å². The van der Waals surface area contributed by atoms with Gasteiger partial charge in [-0.15, -0.1) is 0 Å². The third kappa shape index (κ3) is 2.11. The molecule has 0 aliphatic carbocycles. The molecule has 1 aromatic heterocycles. The maximum absolute atomic E-state index is 11.6. The van der Waals surface area contributed by atoms with Crippen molar-refractivity contribution in [1.82, 2.24) is 4.90 Å². The minimum atomic E-state index is 0.00820. The summed E-state index contributed by atoms with van der Waals surface area (Å²) >= 11 is 0. The van der Waals surface area contributed by atoms with Crippen molar-refractivity contribution in [3.05, 3.63) is 36.1 Å². The zero-order valence-electron chi connectivity index (χ0n) is 10.1. The Balaban J connectivity index is 1.67. The summed E-state index contributed by atoms with van der Waals surface area (Å²) in [4.78, 5) is 13.5. The quantitative estimate of drug-likeness (QED) is 0.890. The minimum absolute atomic E-state index is 0.00820. The Kier molecular flexibility index (Phi) is 2.80. The fraction of sp³-hybridized carbons (Fsp3) is 0.357. The van der Waals surface area contributed by atoms with E-state index in [4.69, 9.17) is 10.2 Å². The molecule has 1 fully saturated rings. The summed E-state index contributed by atoms with van der Waals surface area (Å²) in [5.41, 5.74) is 7.89. The molecule has 4 heteroatoms. The zero-order chi connectivity index (χ0) is 12.5. The third-order valence-electron chi connectivity index (χ3n) is 3.43. The molecule has 1 aliphatic heterocycles. The third-order valence-corrected chi connectivity index (χ3v) is 3.43. The molecule has 1 saturated heterocycles. The van der Waals surface area contributed by atoms with Crippen LogP contribution in [0.5, 0.6) is 0 Å². The molecule has 0 spiro atoms. The lowest BCUT2D eigenvalue weighted by atomic mass is 10.1. The SMILES string of the molecule is NC1CC(=O)N(CCc2ccc3occc3c2)C1. The summed E-state index contributed by atoms with van der Waals surface area (Å²) in [5, 5.41) is 1.11. The molecular weight excluding hydrogens is 228 g/mol. The average molecular weight is 244 g/mol. The van der Waals surface area contributed by atoms with Crippen molar-refractivity contribution in [2.45, 2.75) is 18.9 Å². The Labute approximate surface area is 105 Å². The van der Waals surface area contributed by atoms with Crippen molar-refractivity contribution in [3.8, 4) is 0 Å². The highest BCUT2D eigenvalue weighted by Crippen LogP contribution is 2.18. The Hall–Kier alpha value is -1.81. The van der Waals surface area contributed by atoms with Gasteiger partial charge in [-0.3, -0.25) is 4.79 Å². The normalized spacial score (nSPS) is 19.9. The fourth-order valence-corrected chi connectivity index (χ4v) is 2.45. The predicted molar refractivity (Wildman–Crippen MR) is 69.1 cm³/mol. The number of nitrogens with zero attached hydrogens (tertiary/aromatic N) is 1. The largest absolute Gasteiger partial charge is 0.464 e. The van der Waals surface area contributed by atoms with Gasteiger partial charge in [0.05, 0.1) is 6.26 Å². The standard InChI is InChI=1S/C14H16N2O2/c15-12-8-14(17)16(9-12)5-3-10-1-2-13-11(7-10)4-6-18-13/h1-2,4,6-7,12H,3,5,8-9,15H2. The number of furan rings is 1. The molecule has 0 radical (unpaired) electrons. The van der Waals surface area contributed by atoms with Crippen molar-refractivity contribution >= 4 is 16.9 Å². The first kappa shape index (κ1) is 11.3. The Bertz CT molecular complexity index is 576. The topological polar surface area (TPSA) is 59.5 Å². The zero-order valence-corrected chi connectivity index (χ0v) is 10.1. The van der Waals surface area contributed by atoms with E-state index in [2.05, 4.69) is 6.07 Å². The van der Waals surface area contributed by atoms with Crippen LogP contribution < -0.4 is 5.73 Å². The fourth-order valence-electron chi connectivity index (χ4n) is 2.45. The number of fused-ring (bicyclic) bond motifs is 1. The second kappa shape index (κ2) is 4.46. The number of carbonyl (C=O) groups excluding carboxylic acids is 1. The molecule has 94 valence electrons. The molecule has 18 heavy (non-hydrogen) atoms. The van der Waals surface area contributed by atoms with Crippen LogP contribution in [-0.4, -0.2) is 29.9 Å². The van der Waals surface area contributed by atoms with Crippen LogP contribution in [0.25, 0.3) is 11.0 Å². The van der Waals surface area contributed by atoms with Gasteiger partial charge in [-0.1, -0.05) is 6.07 Å². The van der Waals surface area contributed by atoms with Crippen LogP contribution >= 0.6 is 0 Å². The van der Waals surface area contributed by atoms with Crippen molar-refractivity contribution < 1.29 is 9.21 Å². The molecular formula is C14H16N2O2. The van der Waals surface area contributed by atoms with E-state index in [-0.39, 0.29) is 11.9 Å². The van der Waals surface area contributed by atoms with E-state index in [1.165, 1.54) is 5.56 Å². The van der Waals surface area contributed by atoms with Gasteiger partial charge in [-0.2, -0.15) is 0 Å². The molecule has 4 nitrogen and oxygen atoms in total. The van der Waals surface area contributed by atoms with Gasteiger partial charge < -0.3 is 15.1 Å². The lowest BCUT2D eigenvalue weighted by Gasteiger charge is -2.15. The molecule has 2 N–H and O–H groups in total. The van der Waals surface area contributed by atoms with Crippen LogP contribution in [0.1, 0.15) is 12.0 Å². The molecule has 0 bridgehead atoms. The first-order valence-electron chi connectivity index (χ1n) is 6.22. The first-order valence-corrected chi connectivity index (χ1v) is 6.22. The lowest BCUT2D eigenvalue weighted by molar-refractivity contribution is -0.127. The van der Waals surface area contributed by atoms with Crippen LogP contribution in [0.15, 0.2) is 34.9 Å². The number of likely N-dealkylation sites (tertiary alicyclic amines) is 1. The van der Waals surface area contributed by atoms with Gasteiger partial charge in [-0.25, -0.2) is 0 Å². The molecule has 1 aliphatic rings. The average Bonchev–Trinajstić information content (AvgIpc) is 2.92. The molecule has 2 aromatic rings. The number of nitrogens with two attached hydrogens (primary N) is 1. The van der Waals surface area contributed by atoms with E-state index >= 15 is 0 Å². The highest BCUT2D eigenvalue weighted by molar-refractivity contribution is 5.79. The number of benzene rings is 1. The van der Waals surface area contributed by atoms with Crippen LogP contribution in [-0.2, 0) is 11.2 Å². The number of hydrogen-bond acceptors (Lipinski definition) is 3. The van der Waals surface area contributed by atoms with E-state index in [0.717, 1.165) is 23.9 Å². The maximum Gasteiger partial charge on any atom is 0.224 e. The molecule has 0 saturated carbocycles. The summed E-state index contributed by atoms with van der Waals surface area (Å²) in [6.45, 7) is 1.43. The summed E-state index contributed by atoms with van der Waals surface area (Å²) < 4.78 is 5.30. The molecule has 1 aromatic carbocycles. The molecule has 1 amide bonds. The monoisotopic (exact) mass is 244 g/mol. The van der Waals surface area contributed by atoms with Crippen molar-refractivity contribution in [1.29, 1.82) is 0 Å². The minimum Gasteiger partial charge on any atom is -0.464 e. The van der Waals surface area contributed by atoms with E-state index in [1.807, 2.05) is 23.1 Å². The summed E-state index contributed by atoms with van der Waals surface area (Å²) in [7, 11) is 0. The van der Waals surface area contributed by atoms with Crippen molar-refractivity contribution in [2.75, 3.05) is 13.1 Å². The van der Waals surface area contributed by atoms with Crippen LogP contribution in [0.4, 0.5) is 0 Å². The van der Waals surface area contributed by atoms with Crippen molar-refractivity contribution in [3.63, 3.8) is 0 Å². The van der Waals surface area contributed by atoms with Gasteiger partial charge in [0.2, 0.25) is 5.91 Å². The highest BCUT2D eigenvalue weighted by atomic mass is 16.3. The van der Waals surface area contributed by atoms with Gasteiger partial charge >= 0.3 is 0 Å². The maximum atomic E-state index is 11.6. The second-order valence-electron chi connectivity index (χ2n) is 4.85. The van der Waals surface area contributed by atoms with Gasteiger partial charge in [0.1, 0.15) is 5.58 Å². The summed E-state index contributed by atoms with van der Waals surface area (Å²) in [6.07, 6.45) is 3.04. The smallest absolute Gasteiger partial charge is 0.224 e. The van der Waals surface area contributed by atoms with Gasteiger partial charge in [0.25, 0.3) is 0 Å². The first-order chi connectivity index (χ1) is 8.72. The Morgan fingerprint density at radius 1 is 1.39 bits per heavy atom. The van der Waals surface area contributed by atoms with Crippen molar-refractivity contribution in [2.24, 2.45) is 5.73 Å². The predicted octanol–water partition coefficient (Wildman–Crippen LogP) is 1.53. The van der Waals surface area contributed by atoms with Gasteiger partial charge in [-0.05, 0) is 30.2 Å². The second-order valence-corrected chi connectivity index (χ2v) is 4.85. The summed E-state index contributed by atoms with van der Waals surface area (Å²) in [5.74, 6) is 0.173. The number of amides is 1. The molecule has 3 rings (SSSR count). The van der Waals surface area contributed by atoms with E-state index in [0.29, 0.717) is 13.0 Å². The van der Waals surface area contributed by atoms with E-state index in [9.17, 15) is 4.79 Å². The van der Waals surface area contributed by atoms with Crippen LogP contribution in [0.3, 0.4) is 0 Å². The molecule has 2 heterocycles.